The van der Waals surface area contributed by atoms with Crippen LogP contribution >= 0.6 is 0 Å². The van der Waals surface area contributed by atoms with Crippen molar-refractivity contribution < 1.29 is 4.74 Å². The van der Waals surface area contributed by atoms with E-state index in [-0.39, 0.29) is 0 Å². The summed E-state index contributed by atoms with van der Waals surface area (Å²) in [5.41, 5.74) is 6.26. The van der Waals surface area contributed by atoms with Crippen molar-refractivity contribution in [2.75, 3.05) is 6.61 Å². The van der Waals surface area contributed by atoms with Gasteiger partial charge in [0.1, 0.15) is 17.3 Å². The summed E-state index contributed by atoms with van der Waals surface area (Å²) < 4.78 is 8.54. The number of imidazole rings is 1. The van der Waals surface area contributed by atoms with Gasteiger partial charge in [-0.3, -0.25) is 9.97 Å². The summed E-state index contributed by atoms with van der Waals surface area (Å²) in [6.07, 6.45) is 6.51. The zero-order valence-electron chi connectivity index (χ0n) is 18.0. The van der Waals surface area contributed by atoms with Gasteiger partial charge in [0.05, 0.1) is 23.5 Å². The average Bonchev–Trinajstić information content (AvgIpc) is 3.50. The highest BCUT2D eigenvalue weighted by Gasteiger charge is 2.41. The molecule has 31 heavy (non-hydrogen) atoms. The summed E-state index contributed by atoms with van der Waals surface area (Å²) in [6, 6.07) is 15.2. The molecule has 6 rings (SSSR count). The van der Waals surface area contributed by atoms with E-state index in [1.54, 1.807) is 0 Å². The molecule has 0 spiro atoms. The molecule has 2 bridgehead atoms. The van der Waals surface area contributed by atoms with Gasteiger partial charge in [0.2, 0.25) is 0 Å². The zero-order chi connectivity index (χ0) is 20.9. The topological polar surface area (TPSA) is 52.8 Å². The fraction of sp³-hybridized carbons (Fsp3) is 0.346. The van der Waals surface area contributed by atoms with E-state index in [9.17, 15) is 0 Å². The van der Waals surface area contributed by atoms with E-state index in [0.717, 1.165) is 45.7 Å². The first-order valence-electron chi connectivity index (χ1n) is 11.3. The molecule has 156 valence electrons. The van der Waals surface area contributed by atoms with Crippen LogP contribution in [0.3, 0.4) is 0 Å². The third-order valence-corrected chi connectivity index (χ3v) is 6.64. The smallest absolute Gasteiger partial charge is 0.130 e. The minimum Gasteiger partial charge on any atom is -0.493 e. The number of hydrogen-bond donors (Lipinski definition) is 0. The molecule has 1 aromatic carbocycles. The molecule has 2 unspecified atom stereocenters. The Kier molecular flexibility index (Phi) is 4.30. The Morgan fingerprint density at radius 1 is 1.10 bits per heavy atom. The first kappa shape index (κ1) is 18.6. The molecule has 2 aliphatic rings. The summed E-state index contributed by atoms with van der Waals surface area (Å²) in [7, 11) is 0. The standard InChI is InChI=1S/C26H26N4O/c1-3-13-31-23-11-12-27-21-10-8-17(15-20(21)23)25-24(22-6-4-5-16(2)28-22)29-26-18-7-9-19(14-18)30(25)26/h4-6,8,10-12,15,18-19H,3,7,9,13-14H2,1-2H3. The average molecular weight is 411 g/mol. The Morgan fingerprint density at radius 3 is 2.90 bits per heavy atom. The van der Waals surface area contributed by atoms with Gasteiger partial charge < -0.3 is 9.30 Å². The first-order chi connectivity index (χ1) is 15.2. The molecular weight excluding hydrogens is 384 g/mol. The highest BCUT2D eigenvalue weighted by Crippen LogP contribution is 2.52. The van der Waals surface area contributed by atoms with Crippen molar-refractivity contribution in [3.8, 4) is 28.4 Å². The van der Waals surface area contributed by atoms with Gasteiger partial charge in [0, 0.05) is 34.8 Å². The van der Waals surface area contributed by atoms with Crippen LogP contribution in [0, 0.1) is 6.92 Å². The number of benzene rings is 1. The minimum absolute atomic E-state index is 0.543. The lowest BCUT2D eigenvalue weighted by Crippen LogP contribution is -2.08. The lowest BCUT2D eigenvalue weighted by molar-refractivity contribution is 0.321. The number of aromatic nitrogens is 4. The summed E-state index contributed by atoms with van der Waals surface area (Å²) >= 11 is 0. The second-order valence-electron chi connectivity index (χ2n) is 8.75. The third-order valence-electron chi connectivity index (χ3n) is 6.64. The maximum Gasteiger partial charge on any atom is 0.130 e. The van der Waals surface area contributed by atoms with Crippen LogP contribution in [0.5, 0.6) is 5.75 Å². The summed E-state index contributed by atoms with van der Waals surface area (Å²) in [6.45, 7) is 4.86. The quantitative estimate of drug-likeness (QED) is 0.400. The van der Waals surface area contributed by atoms with E-state index >= 15 is 0 Å². The molecule has 4 heterocycles. The van der Waals surface area contributed by atoms with Crippen LogP contribution in [0.25, 0.3) is 33.5 Å². The molecule has 1 aliphatic carbocycles. The molecule has 1 fully saturated rings. The number of hydrogen-bond acceptors (Lipinski definition) is 4. The number of aryl methyl sites for hydroxylation is 1. The van der Waals surface area contributed by atoms with Crippen molar-refractivity contribution in [2.24, 2.45) is 0 Å². The minimum atomic E-state index is 0.543. The number of pyridine rings is 2. The van der Waals surface area contributed by atoms with Crippen LogP contribution in [0.4, 0.5) is 0 Å². The van der Waals surface area contributed by atoms with Crippen molar-refractivity contribution in [3.05, 3.63) is 60.2 Å². The molecule has 2 atom stereocenters. The van der Waals surface area contributed by atoms with Crippen LogP contribution in [0.2, 0.25) is 0 Å². The second kappa shape index (κ2) is 7.19. The van der Waals surface area contributed by atoms with E-state index in [2.05, 4.69) is 46.8 Å². The van der Waals surface area contributed by atoms with Gasteiger partial charge in [-0.1, -0.05) is 19.1 Å². The molecule has 4 aromatic rings. The van der Waals surface area contributed by atoms with Crippen LogP contribution < -0.4 is 4.74 Å². The van der Waals surface area contributed by atoms with Crippen molar-refractivity contribution >= 4 is 10.9 Å². The van der Waals surface area contributed by atoms with Gasteiger partial charge in [-0.2, -0.15) is 0 Å². The van der Waals surface area contributed by atoms with Crippen molar-refractivity contribution in [3.63, 3.8) is 0 Å². The molecule has 1 saturated carbocycles. The lowest BCUT2D eigenvalue weighted by Gasteiger charge is -2.18. The Labute approximate surface area is 182 Å². The normalized spacial score (nSPS) is 19.2. The van der Waals surface area contributed by atoms with Gasteiger partial charge in [0.15, 0.2) is 0 Å². The van der Waals surface area contributed by atoms with Crippen LogP contribution in [0.15, 0.2) is 48.7 Å². The number of fused-ring (bicyclic) bond motifs is 6. The molecule has 5 nitrogen and oxygen atoms in total. The number of ether oxygens (including phenoxy) is 1. The SMILES string of the molecule is CCCOc1ccnc2ccc(-c3c(-c4cccc(C)n4)nc4n3C3CCC4C3)cc12. The Morgan fingerprint density at radius 2 is 2.03 bits per heavy atom. The van der Waals surface area contributed by atoms with Gasteiger partial charge in [-0.25, -0.2) is 4.98 Å². The number of nitrogens with zero attached hydrogens (tertiary/aromatic N) is 4. The molecule has 0 radical (unpaired) electrons. The molecule has 0 N–H and O–H groups in total. The fourth-order valence-electron chi connectivity index (χ4n) is 5.27. The van der Waals surface area contributed by atoms with Gasteiger partial charge in [0.25, 0.3) is 0 Å². The number of rotatable bonds is 5. The van der Waals surface area contributed by atoms with Crippen molar-refractivity contribution in [1.82, 2.24) is 19.5 Å². The molecule has 0 amide bonds. The molecule has 1 aliphatic heterocycles. The lowest BCUT2D eigenvalue weighted by atomic mass is 10.0. The van der Waals surface area contributed by atoms with E-state index in [0.29, 0.717) is 18.6 Å². The summed E-state index contributed by atoms with van der Waals surface area (Å²) in [5, 5.41) is 1.05. The van der Waals surface area contributed by atoms with Gasteiger partial charge in [-0.15, -0.1) is 0 Å². The molecule has 5 heteroatoms. The van der Waals surface area contributed by atoms with Crippen LogP contribution in [-0.2, 0) is 0 Å². The predicted molar refractivity (Wildman–Crippen MR) is 122 cm³/mol. The maximum atomic E-state index is 6.04. The van der Waals surface area contributed by atoms with E-state index < -0.39 is 0 Å². The van der Waals surface area contributed by atoms with E-state index in [4.69, 9.17) is 14.7 Å². The highest BCUT2D eigenvalue weighted by atomic mass is 16.5. The highest BCUT2D eigenvalue weighted by molar-refractivity contribution is 5.91. The molecule has 3 aromatic heterocycles. The van der Waals surface area contributed by atoms with Gasteiger partial charge in [-0.05, 0) is 62.9 Å². The second-order valence-corrected chi connectivity index (χ2v) is 8.75. The summed E-state index contributed by atoms with van der Waals surface area (Å²) in [5.74, 6) is 2.71. The Balaban J connectivity index is 1.58. The summed E-state index contributed by atoms with van der Waals surface area (Å²) in [4.78, 5) is 14.5. The fourth-order valence-corrected chi connectivity index (χ4v) is 5.27. The first-order valence-corrected chi connectivity index (χ1v) is 11.3. The maximum absolute atomic E-state index is 6.04. The van der Waals surface area contributed by atoms with E-state index in [1.165, 1.54) is 30.8 Å². The Hall–Kier alpha value is -3.21. The molecular formula is C26H26N4O. The van der Waals surface area contributed by atoms with Crippen LogP contribution in [0.1, 0.15) is 56.1 Å². The van der Waals surface area contributed by atoms with Crippen molar-refractivity contribution in [1.29, 1.82) is 0 Å². The van der Waals surface area contributed by atoms with Gasteiger partial charge >= 0.3 is 0 Å². The zero-order valence-corrected chi connectivity index (χ0v) is 18.0. The van der Waals surface area contributed by atoms with E-state index in [1.807, 2.05) is 25.3 Å². The largest absolute Gasteiger partial charge is 0.493 e. The Bertz CT molecular complexity index is 1290. The predicted octanol–water partition coefficient (Wildman–Crippen LogP) is 6.08. The van der Waals surface area contributed by atoms with Crippen LogP contribution in [-0.4, -0.2) is 26.1 Å². The third kappa shape index (κ3) is 2.94. The monoisotopic (exact) mass is 410 g/mol. The van der Waals surface area contributed by atoms with Crippen molar-refractivity contribution in [2.45, 2.75) is 51.5 Å². The molecule has 0 saturated heterocycles.